The highest BCUT2D eigenvalue weighted by Crippen LogP contribution is 2.43. The molecule has 332 valence electrons. The third-order valence-electron chi connectivity index (χ3n) is 8.93. The first-order chi connectivity index (χ1) is 28.1. The van der Waals surface area contributed by atoms with E-state index in [1.54, 1.807) is 0 Å². The molecule has 0 amide bonds. The molecule has 0 bridgehead atoms. The van der Waals surface area contributed by atoms with Gasteiger partial charge in [-0.25, -0.2) is 4.57 Å². The number of ether oxygens (including phenoxy) is 2. The van der Waals surface area contributed by atoms with E-state index in [4.69, 9.17) is 24.8 Å². The number of esters is 2. The predicted octanol–water partition coefficient (Wildman–Crippen LogP) is 11.7. The van der Waals surface area contributed by atoms with Gasteiger partial charge in [-0.15, -0.1) is 0 Å². The molecule has 0 aromatic heterocycles. The molecule has 0 saturated carbocycles. The number of rotatable bonds is 40. The third-order valence-corrected chi connectivity index (χ3v) is 9.88. The van der Waals surface area contributed by atoms with E-state index in [2.05, 4.69) is 79.1 Å². The number of nitrogens with two attached hydrogens (primary N) is 1. The molecule has 12 heteroatoms. The number of carbonyl (C=O) groups is 3. The number of carboxylic acids is 1. The van der Waals surface area contributed by atoms with Crippen molar-refractivity contribution in [1.29, 1.82) is 0 Å². The van der Waals surface area contributed by atoms with Crippen molar-refractivity contribution in [2.75, 3.05) is 19.8 Å². The summed E-state index contributed by atoms with van der Waals surface area (Å²) < 4.78 is 32.6. The van der Waals surface area contributed by atoms with E-state index in [0.29, 0.717) is 19.3 Å². The molecular formula is C46H78NO10P. The quantitative estimate of drug-likeness (QED) is 0.0232. The fourth-order valence-electron chi connectivity index (χ4n) is 5.44. The van der Waals surface area contributed by atoms with E-state index < -0.39 is 51.1 Å². The minimum Gasteiger partial charge on any atom is -0.480 e. The molecule has 1 unspecified atom stereocenters. The number of hydrogen-bond acceptors (Lipinski definition) is 9. The largest absolute Gasteiger partial charge is 0.480 e. The summed E-state index contributed by atoms with van der Waals surface area (Å²) in [5.74, 6) is -2.47. The molecule has 0 saturated heterocycles. The van der Waals surface area contributed by atoms with Crippen molar-refractivity contribution in [2.24, 2.45) is 5.73 Å². The zero-order chi connectivity index (χ0) is 42.8. The molecular weight excluding hydrogens is 757 g/mol. The topological polar surface area (TPSA) is 172 Å². The summed E-state index contributed by atoms with van der Waals surface area (Å²) in [5.41, 5.74) is 5.33. The SMILES string of the molecule is CCCCC/C=C\C/C=C\C/C=C\C/C=C\CCCC(=O)O[C@H](COC(=O)CCCCCCCCC/C=C\C/C=C\CCCCC)COP(=O)(O)OC[C@H](N)C(=O)O. The summed E-state index contributed by atoms with van der Waals surface area (Å²) in [7, 11) is -4.74. The standard InChI is InChI=1S/C46H78NO10P/c1-3-5-7-9-11-13-15-17-19-21-23-25-27-29-31-33-35-37-44(48)54-39-42(40-55-58(52,53)56-41-43(47)46(50)51)57-45(49)38-36-34-32-30-28-26-24-22-20-18-16-14-12-10-8-6-4-2/h11-14,17-20,24,26,30,32,42-43H,3-10,15-16,21-23,25,27-29,31,33-41,47H2,1-2H3,(H,50,51)(H,52,53)/b13-11-,14-12-,19-17-,20-18-,26-24-,32-30-/t42-,43+/m1/s1. The Morgan fingerprint density at radius 1 is 0.534 bits per heavy atom. The monoisotopic (exact) mass is 836 g/mol. The van der Waals surface area contributed by atoms with Gasteiger partial charge in [0, 0.05) is 12.8 Å². The molecule has 0 rings (SSSR count). The minimum absolute atomic E-state index is 0.0801. The number of hydrogen-bond donors (Lipinski definition) is 3. The first-order valence-corrected chi connectivity index (χ1v) is 23.5. The average Bonchev–Trinajstić information content (AvgIpc) is 3.20. The third kappa shape index (κ3) is 39.7. The smallest absolute Gasteiger partial charge is 0.472 e. The van der Waals surface area contributed by atoms with Crippen LogP contribution in [0.15, 0.2) is 72.9 Å². The number of carbonyl (C=O) groups excluding carboxylic acids is 2. The maximum absolute atomic E-state index is 12.6. The van der Waals surface area contributed by atoms with Crippen LogP contribution in [0, 0.1) is 0 Å². The second-order valence-corrected chi connectivity index (χ2v) is 15.9. The van der Waals surface area contributed by atoms with E-state index in [1.165, 1.54) is 57.8 Å². The fraction of sp³-hybridized carbons (Fsp3) is 0.674. The normalized spacial score (nSPS) is 14.4. The summed E-state index contributed by atoms with van der Waals surface area (Å²) >= 11 is 0. The molecule has 3 atom stereocenters. The zero-order valence-corrected chi connectivity index (χ0v) is 36.8. The zero-order valence-electron chi connectivity index (χ0n) is 35.9. The van der Waals surface area contributed by atoms with Gasteiger partial charge in [0.1, 0.15) is 12.6 Å². The average molecular weight is 836 g/mol. The van der Waals surface area contributed by atoms with E-state index in [0.717, 1.165) is 64.2 Å². The molecule has 0 fully saturated rings. The summed E-state index contributed by atoms with van der Waals surface area (Å²) in [6, 6.07) is -1.53. The Morgan fingerprint density at radius 2 is 0.931 bits per heavy atom. The molecule has 0 heterocycles. The lowest BCUT2D eigenvalue weighted by Gasteiger charge is -2.20. The van der Waals surface area contributed by atoms with Gasteiger partial charge in [0.05, 0.1) is 13.2 Å². The van der Waals surface area contributed by atoms with Gasteiger partial charge in [-0.1, -0.05) is 145 Å². The molecule has 11 nitrogen and oxygen atoms in total. The number of phosphoric ester groups is 1. The number of carboxylic acid groups (broad SMARTS) is 1. The molecule has 4 N–H and O–H groups in total. The lowest BCUT2D eigenvalue weighted by molar-refractivity contribution is -0.161. The maximum atomic E-state index is 12.6. The van der Waals surface area contributed by atoms with Gasteiger partial charge in [0.15, 0.2) is 6.10 Å². The van der Waals surface area contributed by atoms with Crippen LogP contribution in [0.3, 0.4) is 0 Å². The Morgan fingerprint density at radius 3 is 1.41 bits per heavy atom. The van der Waals surface area contributed by atoms with Gasteiger partial charge in [-0.3, -0.25) is 23.4 Å². The van der Waals surface area contributed by atoms with Crippen molar-refractivity contribution in [1.82, 2.24) is 0 Å². The summed E-state index contributed by atoms with van der Waals surface area (Å²) in [6.07, 6.45) is 48.2. The van der Waals surface area contributed by atoms with Crippen LogP contribution >= 0.6 is 7.82 Å². The van der Waals surface area contributed by atoms with Crippen molar-refractivity contribution in [3.63, 3.8) is 0 Å². The highest BCUT2D eigenvalue weighted by atomic mass is 31.2. The Balaban J connectivity index is 4.48. The Labute approximate surface area is 350 Å². The highest BCUT2D eigenvalue weighted by molar-refractivity contribution is 7.47. The van der Waals surface area contributed by atoms with Crippen LogP contribution in [0.4, 0.5) is 0 Å². The summed E-state index contributed by atoms with van der Waals surface area (Å²) in [5, 5.41) is 8.89. The van der Waals surface area contributed by atoms with Crippen molar-refractivity contribution >= 4 is 25.7 Å². The van der Waals surface area contributed by atoms with Crippen LogP contribution in [0.5, 0.6) is 0 Å². The molecule has 0 aromatic carbocycles. The van der Waals surface area contributed by atoms with Gasteiger partial charge >= 0.3 is 25.7 Å². The van der Waals surface area contributed by atoms with Gasteiger partial charge in [-0.05, 0) is 83.5 Å². The first kappa shape index (κ1) is 54.9. The summed E-state index contributed by atoms with van der Waals surface area (Å²) in [6.45, 7) is 2.68. The maximum Gasteiger partial charge on any atom is 0.472 e. The second kappa shape index (κ2) is 40.7. The first-order valence-electron chi connectivity index (χ1n) is 22.0. The van der Waals surface area contributed by atoms with Crippen molar-refractivity contribution in [3.8, 4) is 0 Å². The number of allylic oxidation sites excluding steroid dienone is 12. The number of phosphoric acid groups is 1. The lowest BCUT2D eigenvalue weighted by atomic mass is 10.1. The van der Waals surface area contributed by atoms with Gasteiger partial charge in [0.2, 0.25) is 0 Å². The van der Waals surface area contributed by atoms with Gasteiger partial charge in [-0.2, -0.15) is 0 Å². The molecule has 0 aliphatic rings. The lowest BCUT2D eigenvalue weighted by Crippen LogP contribution is -2.34. The van der Waals surface area contributed by atoms with Crippen LogP contribution in [0.25, 0.3) is 0 Å². The van der Waals surface area contributed by atoms with Crippen molar-refractivity contribution < 1.29 is 47.5 Å². The van der Waals surface area contributed by atoms with E-state index >= 15 is 0 Å². The van der Waals surface area contributed by atoms with Gasteiger partial charge < -0.3 is 25.2 Å². The number of aliphatic carboxylic acids is 1. The van der Waals surface area contributed by atoms with Crippen LogP contribution < -0.4 is 5.73 Å². The fourth-order valence-corrected chi connectivity index (χ4v) is 6.22. The molecule has 58 heavy (non-hydrogen) atoms. The van der Waals surface area contributed by atoms with Crippen LogP contribution in [0.1, 0.15) is 168 Å². The second-order valence-electron chi connectivity index (χ2n) is 14.5. The molecule has 0 radical (unpaired) electrons. The Kier molecular flexibility index (Phi) is 38.5. The van der Waals surface area contributed by atoms with E-state index in [1.807, 2.05) is 12.2 Å². The van der Waals surface area contributed by atoms with Crippen LogP contribution in [-0.2, 0) is 37.5 Å². The predicted molar refractivity (Wildman–Crippen MR) is 235 cm³/mol. The summed E-state index contributed by atoms with van der Waals surface area (Å²) in [4.78, 5) is 45.9. The molecule has 0 aliphatic carbocycles. The Hall–Kier alpha value is -3.08. The van der Waals surface area contributed by atoms with E-state index in [-0.39, 0.29) is 19.4 Å². The van der Waals surface area contributed by atoms with E-state index in [9.17, 15) is 23.8 Å². The molecule has 0 spiro atoms. The van der Waals surface area contributed by atoms with Crippen LogP contribution in [0.2, 0.25) is 0 Å². The Bertz CT molecular complexity index is 1260. The highest BCUT2D eigenvalue weighted by Gasteiger charge is 2.28. The van der Waals surface area contributed by atoms with Gasteiger partial charge in [0.25, 0.3) is 0 Å². The number of unbranched alkanes of at least 4 members (excludes halogenated alkanes) is 14. The minimum atomic E-state index is -4.74. The van der Waals surface area contributed by atoms with Crippen LogP contribution in [-0.4, -0.2) is 59.9 Å². The molecule has 0 aliphatic heterocycles. The van der Waals surface area contributed by atoms with Crippen molar-refractivity contribution in [3.05, 3.63) is 72.9 Å². The van der Waals surface area contributed by atoms with Crippen molar-refractivity contribution in [2.45, 2.75) is 180 Å². The molecule has 0 aromatic rings.